The normalized spacial score (nSPS) is 14.3. The summed E-state index contributed by atoms with van der Waals surface area (Å²) in [6.45, 7) is 10.6. The van der Waals surface area contributed by atoms with Crippen LogP contribution in [0.15, 0.2) is 79.4 Å². The third kappa shape index (κ3) is 7.06. The van der Waals surface area contributed by atoms with E-state index in [1.165, 1.54) is 56.1 Å². The molecule has 33 heavy (non-hydrogen) atoms. The molecule has 0 amide bonds. The van der Waals surface area contributed by atoms with Gasteiger partial charge in [0.25, 0.3) is 0 Å². The highest BCUT2D eigenvalue weighted by atomic mass is 15.1. The van der Waals surface area contributed by atoms with Gasteiger partial charge in [-0.05, 0) is 36.3 Å². The maximum absolute atomic E-state index is 2.49. The third-order valence-electron chi connectivity index (χ3n) is 7.18. The molecule has 3 aromatic rings. The Hall–Kier alpha value is -2.35. The Labute approximate surface area is 202 Å². The van der Waals surface area contributed by atoms with E-state index >= 15 is 0 Å². The van der Waals surface area contributed by atoms with Gasteiger partial charge in [0.05, 0.1) is 6.54 Å². The molecule has 2 heteroatoms. The first-order valence-corrected chi connectivity index (χ1v) is 13.2. The lowest BCUT2D eigenvalue weighted by Gasteiger charge is -2.38. The van der Waals surface area contributed by atoms with Gasteiger partial charge in [-0.2, -0.15) is 0 Å². The molecule has 0 fully saturated rings. The van der Waals surface area contributed by atoms with Crippen molar-refractivity contribution in [1.29, 1.82) is 0 Å². The molecule has 2 nitrogen and oxygen atoms in total. The van der Waals surface area contributed by atoms with E-state index in [9.17, 15) is 0 Å². The molecule has 2 aromatic carbocycles. The average molecular weight is 446 g/mol. The Kier molecular flexibility index (Phi) is 9.78. The molecule has 0 spiro atoms. The molecule has 1 aromatic heterocycles. The number of aromatic nitrogens is 2. The SMILES string of the molecule is CCCCCCCCC[n+]1ccn(C(C(C)C)C(C)(Cc2ccccc2)c2ccccc2)c1. The number of benzene rings is 2. The minimum absolute atomic E-state index is 0.00704. The number of hydrogen-bond donors (Lipinski definition) is 0. The van der Waals surface area contributed by atoms with Crippen molar-refractivity contribution in [2.24, 2.45) is 5.92 Å². The second-order valence-electron chi connectivity index (χ2n) is 10.4. The third-order valence-corrected chi connectivity index (χ3v) is 7.18. The van der Waals surface area contributed by atoms with Gasteiger partial charge < -0.3 is 0 Å². The first-order chi connectivity index (χ1) is 16.0. The maximum Gasteiger partial charge on any atom is 0.244 e. The molecule has 0 aliphatic rings. The summed E-state index contributed by atoms with van der Waals surface area (Å²) in [5, 5.41) is 0. The van der Waals surface area contributed by atoms with E-state index < -0.39 is 0 Å². The van der Waals surface area contributed by atoms with Crippen molar-refractivity contribution in [2.75, 3.05) is 0 Å². The Morgan fingerprint density at radius 1 is 0.818 bits per heavy atom. The van der Waals surface area contributed by atoms with Crippen LogP contribution in [0.5, 0.6) is 0 Å². The molecule has 0 saturated carbocycles. The maximum atomic E-state index is 2.49. The van der Waals surface area contributed by atoms with Crippen molar-refractivity contribution >= 4 is 0 Å². The zero-order valence-corrected chi connectivity index (χ0v) is 21.4. The first-order valence-electron chi connectivity index (χ1n) is 13.2. The highest BCUT2D eigenvalue weighted by Crippen LogP contribution is 2.42. The Balaban J connectivity index is 1.77. The first kappa shape index (κ1) is 25.3. The zero-order chi connectivity index (χ0) is 23.5. The molecule has 0 radical (unpaired) electrons. The molecule has 0 aliphatic heterocycles. The smallest absolute Gasteiger partial charge is 0.237 e. The van der Waals surface area contributed by atoms with E-state index in [1.54, 1.807) is 0 Å². The summed E-state index contributed by atoms with van der Waals surface area (Å²) in [6, 6.07) is 22.5. The van der Waals surface area contributed by atoms with Crippen molar-refractivity contribution < 1.29 is 4.57 Å². The van der Waals surface area contributed by atoms with Crippen LogP contribution in [0.3, 0.4) is 0 Å². The van der Waals surface area contributed by atoms with Crippen molar-refractivity contribution in [2.45, 2.75) is 97.1 Å². The molecule has 1 heterocycles. The van der Waals surface area contributed by atoms with Crippen LogP contribution in [0.2, 0.25) is 0 Å². The summed E-state index contributed by atoms with van der Waals surface area (Å²) in [5.74, 6) is 0.512. The van der Waals surface area contributed by atoms with E-state index in [-0.39, 0.29) is 5.41 Å². The van der Waals surface area contributed by atoms with Crippen molar-refractivity contribution in [3.05, 3.63) is 90.5 Å². The summed E-state index contributed by atoms with van der Waals surface area (Å²) in [5.41, 5.74) is 2.81. The number of aryl methyl sites for hydroxylation is 1. The van der Waals surface area contributed by atoms with Crippen LogP contribution in [-0.2, 0) is 18.4 Å². The molecular weight excluding hydrogens is 400 g/mol. The van der Waals surface area contributed by atoms with Gasteiger partial charge in [-0.15, -0.1) is 0 Å². The van der Waals surface area contributed by atoms with Gasteiger partial charge in [0, 0.05) is 5.41 Å². The molecule has 3 rings (SSSR count). The molecule has 0 bridgehead atoms. The average Bonchev–Trinajstić information content (AvgIpc) is 3.27. The van der Waals surface area contributed by atoms with Gasteiger partial charge >= 0.3 is 0 Å². The van der Waals surface area contributed by atoms with Gasteiger partial charge in [-0.25, -0.2) is 9.13 Å². The topological polar surface area (TPSA) is 8.81 Å². The van der Waals surface area contributed by atoms with Crippen molar-refractivity contribution in [3.63, 3.8) is 0 Å². The van der Waals surface area contributed by atoms with E-state index in [4.69, 9.17) is 0 Å². The summed E-state index contributed by atoms with van der Waals surface area (Å²) in [4.78, 5) is 0. The number of nitrogens with zero attached hydrogens (tertiary/aromatic N) is 2. The molecule has 0 saturated heterocycles. The highest BCUT2D eigenvalue weighted by molar-refractivity contribution is 5.31. The van der Waals surface area contributed by atoms with Crippen LogP contribution >= 0.6 is 0 Å². The second kappa shape index (κ2) is 12.8. The number of unbranched alkanes of at least 4 members (excludes halogenated alkanes) is 6. The van der Waals surface area contributed by atoms with Gasteiger partial charge in [0.15, 0.2) is 0 Å². The van der Waals surface area contributed by atoms with E-state index in [0.29, 0.717) is 12.0 Å². The minimum Gasteiger partial charge on any atom is -0.237 e. The highest BCUT2D eigenvalue weighted by Gasteiger charge is 2.42. The largest absolute Gasteiger partial charge is 0.244 e. The van der Waals surface area contributed by atoms with Crippen molar-refractivity contribution in [1.82, 2.24) is 4.57 Å². The predicted octanol–water partition coefficient (Wildman–Crippen LogP) is 7.92. The lowest BCUT2D eigenvalue weighted by atomic mass is 9.68. The van der Waals surface area contributed by atoms with Crippen LogP contribution < -0.4 is 4.57 Å². The Bertz CT molecular complexity index is 912. The van der Waals surface area contributed by atoms with Gasteiger partial charge in [-0.3, -0.25) is 0 Å². The number of imidazole rings is 1. The molecule has 2 unspecified atom stereocenters. The summed E-state index contributed by atoms with van der Waals surface area (Å²) >= 11 is 0. The van der Waals surface area contributed by atoms with Crippen LogP contribution in [0.4, 0.5) is 0 Å². The molecule has 0 aliphatic carbocycles. The monoisotopic (exact) mass is 445 g/mol. The molecule has 2 atom stereocenters. The fourth-order valence-corrected chi connectivity index (χ4v) is 5.58. The predicted molar refractivity (Wildman–Crippen MR) is 140 cm³/mol. The van der Waals surface area contributed by atoms with Gasteiger partial charge in [0.1, 0.15) is 18.4 Å². The molecule has 0 N–H and O–H groups in total. The lowest BCUT2D eigenvalue weighted by molar-refractivity contribution is -0.697. The van der Waals surface area contributed by atoms with E-state index in [1.807, 2.05) is 0 Å². The lowest BCUT2D eigenvalue weighted by Crippen LogP contribution is -2.40. The van der Waals surface area contributed by atoms with Crippen LogP contribution in [0.1, 0.15) is 89.8 Å². The summed E-state index contributed by atoms with van der Waals surface area (Å²) in [7, 11) is 0. The summed E-state index contributed by atoms with van der Waals surface area (Å²) in [6.07, 6.45) is 17.4. The summed E-state index contributed by atoms with van der Waals surface area (Å²) < 4.78 is 4.89. The van der Waals surface area contributed by atoms with Crippen molar-refractivity contribution in [3.8, 4) is 0 Å². The zero-order valence-electron chi connectivity index (χ0n) is 21.4. The van der Waals surface area contributed by atoms with Crippen LogP contribution in [-0.4, -0.2) is 4.57 Å². The molecule has 178 valence electrons. The standard InChI is InChI=1S/C31H45N2/c1-5-6-7-8-9-10-17-22-32-23-24-33(26-32)30(27(2)3)31(4,29-20-15-12-16-21-29)25-28-18-13-11-14-19-28/h11-16,18-21,23-24,26-27,30H,5-10,17,22,25H2,1-4H3/q+1. The molecular formula is C31H45N2+. The Morgan fingerprint density at radius 2 is 1.42 bits per heavy atom. The van der Waals surface area contributed by atoms with Gasteiger partial charge in [0.2, 0.25) is 6.33 Å². The Morgan fingerprint density at radius 3 is 2.06 bits per heavy atom. The number of hydrogen-bond acceptors (Lipinski definition) is 0. The van der Waals surface area contributed by atoms with Gasteiger partial charge in [-0.1, -0.05) is 120 Å². The van der Waals surface area contributed by atoms with Crippen LogP contribution in [0.25, 0.3) is 0 Å². The second-order valence-corrected chi connectivity index (χ2v) is 10.4. The quantitative estimate of drug-likeness (QED) is 0.176. The van der Waals surface area contributed by atoms with Crippen LogP contribution in [0, 0.1) is 5.92 Å². The van der Waals surface area contributed by atoms with E-state index in [0.717, 1.165) is 13.0 Å². The minimum atomic E-state index is -0.00704. The fraction of sp³-hybridized carbons (Fsp3) is 0.516. The number of rotatable bonds is 14. The van der Waals surface area contributed by atoms with E-state index in [2.05, 4.69) is 116 Å². The fourth-order valence-electron chi connectivity index (χ4n) is 5.58.